The molecule has 2 N–H and O–H groups in total. The maximum atomic E-state index is 12.3. The normalized spacial score (nSPS) is 12.5. The number of rotatable bonds is 6. The standard InChI is InChI=1S/C15H24N2O2/c1-11(2)17(15(18)14(16)10-19-4)9-13-7-5-6-12(3)8-13/h5-8,11,14H,9-10,16H2,1-4H3/t14-/m0/s1. The Morgan fingerprint density at radius 3 is 2.63 bits per heavy atom. The molecular formula is C15H24N2O2. The number of carbonyl (C=O) groups excluding carboxylic acids is 1. The van der Waals surface area contributed by atoms with Gasteiger partial charge in [0, 0.05) is 19.7 Å². The van der Waals surface area contributed by atoms with Gasteiger partial charge in [-0.25, -0.2) is 0 Å². The van der Waals surface area contributed by atoms with E-state index in [1.165, 1.54) is 5.56 Å². The van der Waals surface area contributed by atoms with Crippen molar-refractivity contribution < 1.29 is 9.53 Å². The first-order valence-corrected chi connectivity index (χ1v) is 6.56. The van der Waals surface area contributed by atoms with Gasteiger partial charge in [-0.1, -0.05) is 29.8 Å². The molecule has 1 amide bonds. The molecule has 1 aromatic rings. The highest BCUT2D eigenvalue weighted by atomic mass is 16.5. The number of amides is 1. The van der Waals surface area contributed by atoms with E-state index in [1.54, 1.807) is 12.0 Å². The van der Waals surface area contributed by atoms with Crippen molar-refractivity contribution in [3.63, 3.8) is 0 Å². The van der Waals surface area contributed by atoms with E-state index in [2.05, 4.69) is 6.07 Å². The van der Waals surface area contributed by atoms with Gasteiger partial charge in [0.05, 0.1) is 6.61 Å². The maximum absolute atomic E-state index is 12.3. The van der Waals surface area contributed by atoms with Crippen molar-refractivity contribution in [1.29, 1.82) is 0 Å². The highest BCUT2D eigenvalue weighted by Gasteiger charge is 2.23. The van der Waals surface area contributed by atoms with Crippen molar-refractivity contribution >= 4 is 5.91 Å². The van der Waals surface area contributed by atoms with Crippen LogP contribution >= 0.6 is 0 Å². The van der Waals surface area contributed by atoms with Crippen molar-refractivity contribution in [2.45, 2.75) is 39.4 Å². The van der Waals surface area contributed by atoms with Crippen LogP contribution in [0.1, 0.15) is 25.0 Å². The predicted molar refractivity (Wildman–Crippen MR) is 76.7 cm³/mol. The largest absolute Gasteiger partial charge is 0.383 e. The molecule has 19 heavy (non-hydrogen) atoms. The quantitative estimate of drug-likeness (QED) is 0.851. The Hall–Kier alpha value is -1.39. The molecule has 4 heteroatoms. The second kappa shape index (κ2) is 7.26. The lowest BCUT2D eigenvalue weighted by atomic mass is 10.1. The molecule has 0 unspecified atom stereocenters. The fourth-order valence-electron chi connectivity index (χ4n) is 1.99. The minimum absolute atomic E-state index is 0.0710. The van der Waals surface area contributed by atoms with Crippen LogP contribution in [0, 0.1) is 6.92 Å². The van der Waals surface area contributed by atoms with Crippen molar-refractivity contribution in [2.24, 2.45) is 5.73 Å². The summed E-state index contributed by atoms with van der Waals surface area (Å²) in [5.41, 5.74) is 8.14. The third kappa shape index (κ3) is 4.65. The zero-order chi connectivity index (χ0) is 14.4. The van der Waals surface area contributed by atoms with Crippen molar-refractivity contribution in [2.75, 3.05) is 13.7 Å². The number of nitrogens with zero attached hydrogens (tertiary/aromatic N) is 1. The van der Waals surface area contributed by atoms with Crippen molar-refractivity contribution in [3.8, 4) is 0 Å². The minimum Gasteiger partial charge on any atom is -0.383 e. The van der Waals surface area contributed by atoms with Crippen LogP contribution in [-0.4, -0.2) is 36.6 Å². The van der Waals surface area contributed by atoms with Gasteiger partial charge in [0.15, 0.2) is 0 Å². The molecule has 4 nitrogen and oxygen atoms in total. The van der Waals surface area contributed by atoms with Gasteiger partial charge in [-0.3, -0.25) is 4.79 Å². The van der Waals surface area contributed by atoms with Crippen LogP contribution in [0.2, 0.25) is 0 Å². The van der Waals surface area contributed by atoms with Gasteiger partial charge in [-0.15, -0.1) is 0 Å². The van der Waals surface area contributed by atoms with Gasteiger partial charge < -0.3 is 15.4 Å². The topological polar surface area (TPSA) is 55.6 Å². The Bertz CT molecular complexity index is 418. The lowest BCUT2D eigenvalue weighted by Crippen LogP contribution is -2.48. The first-order chi connectivity index (χ1) is 8.95. The van der Waals surface area contributed by atoms with Crippen LogP contribution in [0.4, 0.5) is 0 Å². The van der Waals surface area contributed by atoms with Crippen LogP contribution in [0.15, 0.2) is 24.3 Å². The summed E-state index contributed by atoms with van der Waals surface area (Å²) in [6.45, 7) is 6.85. The second-order valence-corrected chi connectivity index (χ2v) is 5.11. The van der Waals surface area contributed by atoms with Crippen LogP contribution in [0.3, 0.4) is 0 Å². The molecule has 0 aromatic heterocycles. The summed E-state index contributed by atoms with van der Waals surface area (Å²) >= 11 is 0. The number of hydrogen-bond acceptors (Lipinski definition) is 3. The van der Waals surface area contributed by atoms with E-state index in [0.29, 0.717) is 6.54 Å². The molecule has 0 aliphatic rings. The van der Waals surface area contributed by atoms with Crippen LogP contribution in [0.25, 0.3) is 0 Å². The van der Waals surface area contributed by atoms with Crippen molar-refractivity contribution in [3.05, 3.63) is 35.4 Å². The Kier molecular flexibility index (Phi) is 5.99. The number of hydrogen-bond donors (Lipinski definition) is 1. The van der Waals surface area contributed by atoms with E-state index >= 15 is 0 Å². The Balaban J connectivity index is 2.81. The summed E-state index contributed by atoms with van der Waals surface area (Å²) in [6.07, 6.45) is 0. The summed E-state index contributed by atoms with van der Waals surface area (Å²) in [5.74, 6) is -0.0710. The van der Waals surface area contributed by atoms with Gasteiger partial charge in [0.25, 0.3) is 0 Å². The van der Waals surface area contributed by atoms with Gasteiger partial charge in [-0.2, -0.15) is 0 Å². The number of carbonyl (C=O) groups is 1. The van der Waals surface area contributed by atoms with E-state index in [0.717, 1.165) is 5.56 Å². The Morgan fingerprint density at radius 1 is 1.42 bits per heavy atom. The first-order valence-electron chi connectivity index (χ1n) is 6.56. The Labute approximate surface area is 115 Å². The van der Waals surface area contributed by atoms with Crippen LogP contribution in [-0.2, 0) is 16.1 Å². The number of nitrogens with two attached hydrogens (primary N) is 1. The molecule has 0 aliphatic carbocycles. The summed E-state index contributed by atoms with van der Waals surface area (Å²) in [6, 6.07) is 7.67. The monoisotopic (exact) mass is 264 g/mol. The zero-order valence-corrected chi connectivity index (χ0v) is 12.2. The minimum atomic E-state index is -0.600. The molecule has 0 radical (unpaired) electrons. The lowest BCUT2D eigenvalue weighted by molar-refractivity contribution is -0.136. The summed E-state index contributed by atoms with van der Waals surface area (Å²) in [4.78, 5) is 14.1. The fraction of sp³-hybridized carbons (Fsp3) is 0.533. The van der Waals surface area contributed by atoms with E-state index in [-0.39, 0.29) is 18.6 Å². The predicted octanol–water partition coefficient (Wildman–Crippen LogP) is 1.71. The smallest absolute Gasteiger partial charge is 0.242 e. The van der Waals surface area contributed by atoms with E-state index in [1.807, 2.05) is 39.0 Å². The second-order valence-electron chi connectivity index (χ2n) is 5.11. The number of methoxy groups -OCH3 is 1. The summed E-state index contributed by atoms with van der Waals surface area (Å²) in [7, 11) is 1.55. The molecule has 1 atom stereocenters. The van der Waals surface area contributed by atoms with Crippen LogP contribution in [0.5, 0.6) is 0 Å². The van der Waals surface area contributed by atoms with E-state index in [4.69, 9.17) is 10.5 Å². The average molecular weight is 264 g/mol. The highest BCUT2D eigenvalue weighted by molar-refractivity contribution is 5.82. The molecule has 1 aromatic carbocycles. The number of ether oxygens (including phenoxy) is 1. The summed E-state index contributed by atoms with van der Waals surface area (Å²) < 4.78 is 4.95. The Morgan fingerprint density at radius 2 is 2.11 bits per heavy atom. The molecular weight excluding hydrogens is 240 g/mol. The number of aryl methyl sites for hydroxylation is 1. The van der Waals surface area contributed by atoms with Gasteiger partial charge in [-0.05, 0) is 26.3 Å². The molecule has 0 saturated carbocycles. The molecule has 0 aliphatic heterocycles. The van der Waals surface area contributed by atoms with Gasteiger partial charge in [0.1, 0.15) is 6.04 Å². The van der Waals surface area contributed by atoms with Gasteiger partial charge in [0.2, 0.25) is 5.91 Å². The molecule has 0 saturated heterocycles. The van der Waals surface area contributed by atoms with E-state index in [9.17, 15) is 4.79 Å². The zero-order valence-electron chi connectivity index (χ0n) is 12.2. The molecule has 0 bridgehead atoms. The molecule has 0 heterocycles. The molecule has 0 spiro atoms. The lowest BCUT2D eigenvalue weighted by Gasteiger charge is -2.29. The fourth-order valence-corrected chi connectivity index (χ4v) is 1.99. The summed E-state index contributed by atoms with van der Waals surface area (Å²) in [5, 5.41) is 0. The average Bonchev–Trinajstić information content (AvgIpc) is 2.35. The van der Waals surface area contributed by atoms with Crippen LogP contribution < -0.4 is 5.73 Å². The third-order valence-corrected chi connectivity index (χ3v) is 3.01. The van der Waals surface area contributed by atoms with E-state index < -0.39 is 6.04 Å². The number of benzene rings is 1. The molecule has 1 rings (SSSR count). The first kappa shape index (κ1) is 15.7. The van der Waals surface area contributed by atoms with Crippen molar-refractivity contribution in [1.82, 2.24) is 4.90 Å². The highest BCUT2D eigenvalue weighted by Crippen LogP contribution is 2.11. The third-order valence-electron chi connectivity index (χ3n) is 3.01. The van der Waals surface area contributed by atoms with Gasteiger partial charge >= 0.3 is 0 Å². The molecule has 0 fully saturated rings. The molecule has 106 valence electrons. The maximum Gasteiger partial charge on any atom is 0.242 e. The SMILES string of the molecule is COC[C@H](N)C(=O)N(Cc1cccc(C)c1)C(C)C.